The fourth-order valence-electron chi connectivity index (χ4n) is 1.30. The third-order valence-electron chi connectivity index (χ3n) is 2.12. The molecular weight excluding hydrogens is 285 g/mol. The Bertz CT molecular complexity index is 382. The molecule has 17 heavy (non-hydrogen) atoms. The average Bonchev–Trinajstić information content (AvgIpc) is 2.28. The quantitative estimate of drug-likeness (QED) is 0.616. The molecule has 2 nitrogen and oxygen atoms in total. The lowest BCUT2D eigenvalue weighted by atomic mass is 10.2. The van der Waals surface area contributed by atoms with Gasteiger partial charge in [0.1, 0.15) is 5.82 Å². The SMILES string of the molecule is C=C(C)COCCNCc1cccc(F)c1Br. The van der Waals surface area contributed by atoms with Gasteiger partial charge in [-0.1, -0.05) is 24.3 Å². The second-order valence-electron chi connectivity index (χ2n) is 3.90. The first-order chi connectivity index (χ1) is 8.11. The van der Waals surface area contributed by atoms with Gasteiger partial charge in [0, 0.05) is 13.1 Å². The summed E-state index contributed by atoms with van der Waals surface area (Å²) in [5, 5.41) is 3.19. The van der Waals surface area contributed by atoms with Crippen LogP contribution in [0, 0.1) is 5.82 Å². The number of benzene rings is 1. The second-order valence-corrected chi connectivity index (χ2v) is 4.69. The smallest absolute Gasteiger partial charge is 0.137 e. The lowest BCUT2D eigenvalue weighted by molar-refractivity contribution is 0.157. The molecule has 0 heterocycles. The first-order valence-electron chi connectivity index (χ1n) is 5.47. The van der Waals surface area contributed by atoms with E-state index in [9.17, 15) is 4.39 Å². The second kappa shape index (κ2) is 7.58. The van der Waals surface area contributed by atoms with Crippen molar-refractivity contribution in [3.05, 3.63) is 46.2 Å². The normalized spacial score (nSPS) is 10.5. The molecule has 1 N–H and O–H groups in total. The summed E-state index contributed by atoms with van der Waals surface area (Å²) < 4.78 is 19.1. The zero-order chi connectivity index (χ0) is 12.7. The summed E-state index contributed by atoms with van der Waals surface area (Å²) in [6.07, 6.45) is 0. The van der Waals surface area contributed by atoms with E-state index in [1.54, 1.807) is 6.07 Å². The van der Waals surface area contributed by atoms with E-state index in [1.165, 1.54) is 6.07 Å². The van der Waals surface area contributed by atoms with Gasteiger partial charge in [0.05, 0.1) is 17.7 Å². The molecule has 0 saturated heterocycles. The van der Waals surface area contributed by atoms with E-state index < -0.39 is 0 Å². The van der Waals surface area contributed by atoms with Crippen LogP contribution in [-0.4, -0.2) is 19.8 Å². The van der Waals surface area contributed by atoms with Crippen molar-refractivity contribution in [2.24, 2.45) is 0 Å². The standard InChI is InChI=1S/C13H17BrFNO/c1-10(2)9-17-7-6-16-8-11-4-3-5-12(15)13(11)14/h3-5,16H,1,6-9H2,2H3. The van der Waals surface area contributed by atoms with Crippen molar-refractivity contribution in [3.63, 3.8) is 0 Å². The maximum atomic E-state index is 13.2. The van der Waals surface area contributed by atoms with E-state index >= 15 is 0 Å². The van der Waals surface area contributed by atoms with Crippen molar-refractivity contribution in [2.75, 3.05) is 19.8 Å². The van der Waals surface area contributed by atoms with Gasteiger partial charge in [-0.25, -0.2) is 4.39 Å². The molecule has 0 bridgehead atoms. The van der Waals surface area contributed by atoms with Crippen LogP contribution in [0.25, 0.3) is 0 Å². The fraction of sp³-hybridized carbons (Fsp3) is 0.385. The number of nitrogens with one attached hydrogen (secondary N) is 1. The van der Waals surface area contributed by atoms with Gasteiger partial charge < -0.3 is 10.1 Å². The van der Waals surface area contributed by atoms with E-state index in [2.05, 4.69) is 27.8 Å². The Kier molecular flexibility index (Phi) is 6.40. The summed E-state index contributed by atoms with van der Waals surface area (Å²) in [7, 11) is 0. The largest absolute Gasteiger partial charge is 0.376 e. The zero-order valence-corrected chi connectivity index (χ0v) is 11.5. The molecule has 0 unspecified atom stereocenters. The highest BCUT2D eigenvalue weighted by atomic mass is 79.9. The fourth-order valence-corrected chi connectivity index (χ4v) is 1.70. The van der Waals surface area contributed by atoms with Gasteiger partial charge in [-0.3, -0.25) is 0 Å². The molecule has 1 aromatic rings. The Morgan fingerprint density at radius 1 is 1.53 bits per heavy atom. The van der Waals surface area contributed by atoms with E-state index in [0.717, 1.165) is 17.7 Å². The number of halogens is 2. The molecule has 4 heteroatoms. The molecule has 0 fully saturated rings. The maximum Gasteiger partial charge on any atom is 0.137 e. The van der Waals surface area contributed by atoms with Gasteiger partial charge in [0.2, 0.25) is 0 Å². The van der Waals surface area contributed by atoms with E-state index in [0.29, 0.717) is 24.2 Å². The highest BCUT2D eigenvalue weighted by molar-refractivity contribution is 9.10. The molecule has 0 atom stereocenters. The summed E-state index contributed by atoms with van der Waals surface area (Å²) in [5.41, 5.74) is 1.92. The van der Waals surface area contributed by atoms with Crippen molar-refractivity contribution in [1.82, 2.24) is 5.32 Å². The van der Waals surface area contributed by atoms with Crippen molar-refractivity contribution in [1.29, 1.82) is 0 Å². The molecule has 0 spiro atoms. The Hall–Kier alpha value is -0.710. The monoisotopic (exact) mass is 301 g/mol. The van der Waals surface area contributed by atoms with Crippen molar-refractivity contribution in [3.8, 4) is 0 Å². The van der Waals surface area contributed by atoms with Crippen LogP contribution in [0.15, 0.2) is 34.8 Å². The van der Waals surface area contributed by atoms with Gasteiger partial charge in [-0.2, -0.15) is 0 Å². The van der Waals surface area contributed by atoms with E-state index in [1.807, 2.05) is 13.0 Å². The van der Waals surface area contributed by atoms with Crippen LogP contribution in [0.1, 0.15) is 12.5 Å². The number of rotatable bonds is 7. The Balaban J connectivity index is 2.22. The molecular formula is C13H17BrFNO. The summed E-state index contributed by atoms with van der Waals surface area (Å²) in [6, 6.07) is 5.02. The number of ether oxygens (including phenoxy) is 1. The lowest BCUT2D eigenvalue weighted by Crippen LogP contribution is -2.20. The van der Waals surface area contributed by atoms with Gasteiger partial charge >= 0.3 is 0 Å². The first-order valence-corrected chi connectivity index (χ1v) is 6.26. The van der Waals surface area contributed by atoms with Gasteiger partial charge in [-0.05, 0) is 34.5 Å². The summed E-state index contributed by atoms with van der Waals surface area (Å²) >= 11 is 3.22. The Labute approximate surface area is 110 Å². The molecule has 0 aromatic heterocycles. The molecule has 94 valence electrons. The molecule has 0 radical (unpaired) electrons. The topological polar surface area (TPSA) is 21.3 Å². The first kappa shape index (κ1) is 14.4. The molecule has 1 rings (SSSR count). The third-order valence-corrected chi connectivity index (χ3v) is 3.01. The van der Waals surface area contributed by atoms with Gasteiger partial charge in [0.25, 0.3) is 0 Å². The minimum Gasteiger partial charge on any atom is -0.376 e. The molecule has 0 saturated carbocycles. The highest BCUT2D eigenvalue weighted by Gasteiger charge is 2.03. The Morgan fingerprint density at radius 2 is 2.29 bits per heavy atom. The zero-order valence-electron chi connectivity index (χ0n) is 9.93. The van der Waals surface area contributed by atoms with Gasteiger partial charge in [0.15, 0.2) is 0 Å². The minimum atomic E-state index is -0.233. The Morgan fingerprint density at radius 3 is 3.00 bits per heavy atom. The van der Waals surface area contributed by atoms with Gasteiger partial charge in [-0.15, -0.1) is 0 Å². The molecule has 0 amide bonds. The van der Waals surface area contributed by atoms with Crippen LogP contribution in [-0.2, 0) is 11.3 Å². The molecule has 0 aliphatic heterocycles. The van der Waals surface area contributed by atoms with Crippen molar-refractivity contribution < 1.29 is 9.13 Å². The van der Waals surface area contributed by atoms with Crippen LogP contribution >= 0.6 is 15.9 Å². The van der Waals surface area contributed by atoms with Crippen molar-refractivity contribution >= 4 is 15.9 Å². The van der Waals surface area contributed by atoms with Crippen LogP contribution in [0.3, 0.4) is 0 Å². The lowest BCUT2D eigenvalue weighted by Gasteiger charge is -2.08. The van der Waals surface area contributed by atoms with Crippen LogP contribution in [0.4, 0.5) is 4.39 Å². The maximum absolute atomic E-state index is 13.2. The third kappa shape index (κ3) is 5.44. The molecule has 1 aromatic carbocycles. The summed E-state index contributed by atoms with van der Waals surface area (Å²) in [6.45, 7) is 8.24. The van der Waals surface area contributed by atoms with E-state index in [4.69, 9.17) is 4.74 Å². The predicted octanol–water partition coefficient (Wildman–Crippen LogP) is 3.27. The predicted molar refractivity (Wildman–Crippen MR) is 71.4 cm³/mol. The van der Waals surface area contributed by atoms with Crippen LogP contribution in [0.5, 0.6) is 0 Å². The molecule has 0 aliphatic rings. The summed E-state index contributed by atoms with van der Waals surface area (Å²) in [5.74, 6) is -0.233. The van der Waals surface area contributed by atoms with Crippen molar-refractivity contribution in [2.45, 2.75) is 13.5 Å². The number of hydrogen-bond donors (Lipinski definition) is 1. The minimum absolute atomic E-state index is 0.233. The van der Waals surface area contributed by atoms with Crippen LogP contribution in [0.2, 0.25) is 0 Å². The number of hydrogen-bond acceptors (Lipinski definition) is 2. The van der Waals surface area contributed by atoms with E-state index in [-0.39, 0.29) is 5.82 Å². The van der Waals surface area contributed by atoms with Crippen LogP contribution < -0.4 is 5.32 Å². The molecule has 0 aliphatic carbocycles. The highest BCUT2D eigenvalue weighted by Crippen LogP contribution is 2.19. The summed E-state index contributed by atoms with van der Waals surface area (Å²) in [4.78, 5) is 0. The average molecular weight is 302 g/mol.